The number of carbonyl (C=O) groups excluding carboxylic acids is 1. The predicted octanol–water partition coefficient (Wildman–Crippen LogP) is 5.14. The highest BCUT2D eigenvalue weighted by Gasteiger charge is 2.47. The Morgan fingerprint density at radius 2 is 2.07 bits per heavy atom. The fourth-order valence-corrected chi connectivity index (χ4v) is 5.74. The minimum absolute atomic E-state index is 0.0634. The molecule has 2 aromatic carbocycles. The van der Waals surface area contributed by atoms with Crippen LogP contribution in [0.15, 0.2) is 53.3 Å². The third-order valence-corrected chi connectivity index (χ3v) is 7.91. The summed E-state index contributed by atoms with van der Waals surface area (Å²) in [5, 5.41) is 6.90. The molecule has 6 rings (SSSR count). The van der Waals surface area contributed by atoms with Crippen LogP contribution >= 0.6 is 0 Å². The first-order valence-electron chi connectivity index (χ1n) is 14.0. The first kappa shape index (κ1) is 28.0. The topological polar surface area (TPSA) is 98.3 Å². The standard InChI is InChI=1S/C30H31F3N6O3/c1-3-39-12-10-34-27(39)17-38-11-9-23-22(19-5-4-6-21(13-19)41-30(31,32)33)8-7-20(26(23)16-38)15-35-28(40)24-14-25(24)29-36-18(2)37-42-29/h4-8,10,12-13,24-25H,3,9,11,14-17H2,1-2H3,(H,35,40)/t24?,25-/m1/s1. The SMILES string of the molecule is CCn1ccnc1CN1CCc2c(-c3cccc(OC(F)(F)F)c3)ccc(CNC(=O)C3C[C@H]3c3nc(C)no3)c2C1. The summed E-state index contributed by atoms with van der Waals surface area (Å²) in [5.74, 6) is 1.41. The van der Waals surface area contributed by atoms with E-state index in [-0.39, 0.29) is 23.5 Å². The summed E-state index contributed by atoms with van der Waals surface area (Å²) in [4.78, 5) is 24.1. The van der Waals surface area contributed by atoms with Crippen molar-refractivity contribution in [3.8, 4) is 16.9 Å². The summed E-state index contributed by atoms with van der Waals surface area (Å²) in [6, 6.07) is 9.94. The lowest BCUT2D eigenvalue weighted by atomic mass is 9.87. The van der Waals surface area contributed by atoms with Gasteiger partial charge >= 0.3 is 6.36 Å². The van der Waals surface area contributed by atoms with Crippen molar-refractivity contribution in [1.29, 1.82) is 0 Å². The fraction of sp³-hybridized carbons (Fsp3) is 0.400. The van der Waals surface area contributed by atoms with E-state index >= 15 is 0 Å². The van der Waals surface area contributed by atoms with Crippen LogP contribution in [0.5, 0.6) is 5.75 Å². The highest BCUT2D eigenvalue weighted by Crippen LogP contribution is 2.47. The summed E-state index contributed by atoms with van der Waals surface area (Å²) in [7, 11) is 0. The molecule has 220 valence electrons. The van der Waals surface area contributed by atoms with Gasteiger partial charge in [0.05, 0.1) is 18.4 Å². The van der Waals surface area contributed by atoms with E-state index in [1.165, 1.54) is 12.1 Å². The average Bonchev–Trinajstić information content (AvgIpc) is 3.44. The number of carbonyl (C=O) groups is 1. The molecule has 1 amide bonds. The van der Waals surface area contributed by atoms with Crippen molar-refractivity contribution in [1.82, 2.24) is 29.9 Å². The van der Waals surface area contributed by atoms with Gasteiger partial charge in [-0.05, 0) is 66.6 Å². The molecule has 2 atom stereocenters. The molecule has 2 aliphatic rings. The quantitative estimate of drug-likeness (QED) is 0.293. The van der Waals surface area contributed by atoms with Crippen molar-refractivity contribution in [2.75, 3.05) is 6.54 Å². The lowest BCUT2D eigenvalue weighted by Gasteiger charge is -2.32. The molecule has 1 fully saturated rings. The first-order valence-corrected chi connectivity index (χ1v) is 14.0. The van der Waals surface area contributed by atoms with E-state index in [1.54, 1.807) is 25.3 Å². The summed E-state index contributed by atoms with van der Waals surface area (Å²) < 4.78 is 50.3. The molecule has 1 aliphatic heterocycles. The Kier molecular flexibility index (Phi) is 7.48. The molecule has 1 N–H and O–H groups in total. The van der Waals surface area contributed by atoms with Crippen LogP contribution in [-0.4, -0.2) is 43.4 Å². The Labute approximate surface area is 240 Å². The number of nitrogens with zero attached hydrogens (tertiary/aromatic N) is 5. The molecule has 9 nitrogen and oxygen atoms in total. The molecule has 3 heterocycles. The molecule has 4 aromatic rings. The number of ether oxygens (including phenoxy) is 1. The van der Waals surface area contributed by atoms with Gasteiger partial charge < -0.3 is 19.1 Å². The second-order valence-corrected chi connectivity index (χ2v) is 10.7. The van der Waals surface area contributed by atoms with Crippen LogP contribution in [0.2, 0.25) is 0 Å². The zero-order valence-corrected chi connectivity index (χ0v) is 23.3. The van der Waals surface area contributed by atoms with Crippen LogP contribution in [0.25, 0.3) is 11.1 Å². The maximum absolute atomic E-state index is 13.0. The second kappa shape index (κ2) is 11.2. The van der Waals surface area contributed by atoms with E-state index in [1.807, 2.05) is 18.3 Å². The minimum atomic E-state index is -4.77. The molecule has 12 heteroatoms. The number of benzene rings is 2. The number of fused-ring (bicyclic) bond motifs is 1. The Morgan fingerprint density at radius 1 is 1.21 bits per heavy atom. The van der Waals surface area contributed by atoms with Gasteiger partial charge in [-0.2, -0.15) is 4.98 Å². The van der Waals surface area contributed by atoms with Crippen LogP contribution in [0.4, 0.5) is 13.2 Å². The molecule has 0 saturated heterocycles. The van der Waals surface area contributed by atoms with Gasteiger partial charge in [0.2, 0.25) is 11.8 Å². The van der Waals surface area contributed by atoms with E-state index < -0.39 is 6.36 Å². The molecule has 1 aliphatic carbocycles. The summed E-state index contributed by atoms with van der Waals surface area (Å²) in [6.45, 7) is 7.03. The number of aryl methyl sites for hydroxylation is 2. The third-order valence-electron chi connectivity index (χ3n) is 7.91. The van der Waals surface area contributed by atoms with Gasteiger partial charge in [0.25, 0.3) is 0 Å². The van der Waals surface area contributed by atoms with Gasteiger partial charge in [0, 0.05) is 38.6 Å². The van der Waals surface area contributed by atoms with Crippen molar-refractivity contribution in [2.24, 2.45) is 5.92 Å². The molecule has 0 spiro atoms. The van der Waals surface area contributed by atoms with Gasteiger partial charge in [-0.3, -0.25) is 9.69 Å². The van der Waals surface area contributed by atoms with Gasteiger partial charge in [0.1, 0.15) is 11.6 Å². The Bertz CT molecular complexity index is 1600. The molecule has 0 radical (unpaired) electrons. The van der Waals surface area contributed by atoms with E-state index in [2.05, 4.69) is 41.6 Å². The molecular formula is C30H31F3N6O3. The molecular weight excluding hydrogens is 549 g/mol. The first-order chi connectivity index (χ1) is 20.2. The highest BCUT2D eigenvalue weighted by molar-refractivity contribution is 5.82. The van der Waals surface area contributed by atoms with Crippen LogP contribution in [0, 0.1) is 12.8 Å². The van der Waals surface area contributed by atoms with Crippen LogP contribution < -0.4 is 10.1 Å². The number of alkyl halides is 3. The van der Waals surface area contributed by atoms with Crippen molar-refractivity contribution in [2.45, 2.75) is 65.1 Å². The number of amides is 1. The van der Waals surface area contributed by atoms with Gasteiger partial charge in [0.15, 0.2) is 5.82 Å². The predicted molar refractivity (Wildman–Crippen MR) is 146 cm³/mol. The zero-order valence-electron chi connectivity index (χ0n) is 23.3. The van der Waals surface area contributed by atoms with E-state index in [9.17, 15) is 18.0 Å². The van der Waals surface area contributed by atoms with Crippen molar-refractivity contribution >= 4 is 5.91 Å². The monoisotopic (exact) mass is 580 g/mol. The summed E-state index contributed by atoms with van der Waals surface area (Å²) in [5.41, 5.74) is 4.60. The largest absolute Gasteiger partial charge is 0.573 e. The maximum atomic E-state index is 13.0. The van der Waals surface area contributed by atoms with E-state index in [0.29, 0.717) is 49.8 Å². The number of imidazole rings is 1. The van der Waals surface area contributed by atoms with Crippen LogP contribution in [0.1, 0.15) is 53.5 Å². The Morgan fingerprint density at radius 3 is 2.83 bits per heavy atom. The lowest BCUT2D eigenvalue weighted by molar-refractivity contribution is -0.274. The fourth-order valence-electron chi connectivity index (χ4n) is 5.74. The van der Waals surface area contributed by atoms with Crippen molar-refractivity contribution in [3.63, 3.8) is 0 Å². The summed E-state index contributed by atoms with van der Waals surface area (Å²) >= 11 is 0. The van der Waals surface area contributed by atoms with Gasteiger partial charge in [-0.15, -0.1) is 13.2 Å². The molecule has 1 unspecified atom stereocenters. The number of nitrogens with one attached hydrogen (secondary N) is 1. The smallest absolute Gasteiger partial charge is 0.406 e. The van der Waals surface area contributed by atoms with Crippen LogP contribution in [0.3, 0.4) is 0 Å². The molecule has 2 aromatic heterocycles. The maximum Gasteiger partial charge on any atom is 0.573 e. The Balaban J connectivity index is 1.25. The number of aromatic nitrogens is 4. The second-order valence-electron chi connectivity index (χ2n) is 10.7. The van der Waals surface area contributed by atoms with Crippen molar-refractivity contribution < 1.29 is 27.2 Å². The molecule has 42 heavy (non-hydrogen) atoms. The average molecular weight is 581 g/mol. The highest BCUT2D eigenvalue weighted by atomic mass is 19.4. The minimum Gasteiger partial charge on any atom is -0.406 e. The molecule has 1 saturated carbocycles. The molecule has 0 bridgehead atoms. The number of halogens is 3. The summed E-state index contributed by atoms with van der Waals surface area (Å²) in [6.07, 6.45) is 0.354. The zero-order chi connectivity index (χ0) is 29.4. The van der Waals surface area contributed by atoms with Gasteiger partial charge in [-0.25, -0.2) is 4.98 Å². The van der Waals surface area contributed by atoms with Gasteiger partial charge in [-0.1, -0.05) is 29.4 Å². The van der Waals surface area contributed by atoms with Crippen molar-refractivity contribution in [3.05, 3.63) is 83.0 Å². The normalized spacial score (nSPS) is 18.5. The lowest BCUT2D eigenvalue weighted by Crippen LogP contribution is -2.33. The Hall–Kier alpha value is -4.19. The third kappa shape index (κ3) is 6.03. The number of hydrogen-bond donors (Lipinski definition) is 1. The number of hydrogen-bond acceptors (Lipinski definition) is 7. The number of rotatable bonds is 9. The van der Waals surface area contributed by atoms with E-state index in [4.69, 9.17) is 4.52 Å². The van der Waals surface area contributed by atoms with Crippen LogP contribution in [-0.2, 0) is 37.4 Å². The van der Waals surface area contributed by atoms with E-state index in [0.717, 1.165) is 41.2 Å².